The highest BCUT2D eigenvalue weighted by Crippen LogP contribution is 2.40. The summed E-state index contributed by atoms with van der Waals surface area (Å²) in [6.45, 7) is 2.51. The van der Waals surface area contributed by atoms with Crippen LogP contribution in [0.2, 0.25) is 0 Å². The molecule has 14 heavy (non-hydrogen) atoms. The first-order chi connectivity index (χ1) is 6.64. The molecule has 80 valence electrons. The lowest BCUT2D eigenvalue weighted by atomic mass is 9.86. The quantitative estimate of drug-likeness (QED) is 0.647. The number of carbonyl (C=O) groups is 1. The molecule has 0 amide bonds. The molecule has 2 fully saturated rings. The third kappa shape index (κ3) is 1.65. The van der Waals surface area contributed by atoms with Crippen molar-refractivity contribution in [2.75, 3.05) is 6.54 Å². The predicted octanol–water partition coefficient (Wildman–Crippen LogP) is 1.46. The molecule has 0 radical (unpaired) electrons. The van der Waals surface area contributed by atoms with E-state index in [-0.39, 0.29) is 17.5 Å². The molecule has 0 aromatic carbocycles. The number of esters is 1. The highest BCUT2D eigenvalue weighted by molar-refractivity contribution is 5.74. The SMILES string of the molecule is CC12CCCC(CC1)C(CN)C(=O)O2. The minimum absolute atomic E-state index is 0.0443. The molecule has 0 spiro atoms. The lowest BCUT2D eigenvalue weighted by molar-refractivity contribution is -0.164. The van der Waals surface area contributed by atoms with E-state index < -0.39 is 0 Å². The molecule has 3 nitrogen and oxygen atoms in total. The largest absolute Gasteiger partial charge is 0.459 e. The van der Waals surface area contributed by atoms with Crippen LogP contribution >= 0.6 is 0 Å². The fourth-order valence-electron chi connectivity index (χ4n) is 2.80. The Morgan fingerprint density at radius 1 is 1.50 bits per heavy atom. The Balaban J connectivity index is 2.23. The second kappa shape index (κ2) is 3.54. The molecule has 1 saturated carbocycles. The summed E-state index contributed by atoms with van der Waals surface area (Å²) in [5, 5.41) is 0. The van der Waals surface area contributed by atoms with E-state index in [1.165, 1.54) is 6.42 Å². The maximum atomic E-state index is 11.8. The van der Waals surface area contributed by atoms with E-state index in [1.54, 1.807) is 0 Å². The van der Waals surface area contributed by atoms with Crippen LogP contribution in [0.5, 0.6) is 0 Å². The van der Waals surface area contributed by atoms with Crippen LogP contribution in [0.15, 0.2) is 0 Å². The second-order valence-electron chi connectivity index (χ2n) is 4.90. The Labute approximate surface area is 85.0 Å². The smallest absolute Gasteiger partial charge is 0.311 e. The Morgan fingerprint density at radius 3 is 3.00 bits per heavy atom. The van der Waals surface area contributed by atoms with E-state index in [0.717, 1.165) is 25.7 Å². The van der Waals surface area contributed by atoms with E-state index in [1.807, 2.05) is 0 Å². The first-order valence-electron chi connectivity index (χ1n) is 5.57. The van der Waals surface area contributed by atoms with Crippen LogP contribution in [0.1, 0.15) is 39.0 Å². The van der Waals surface area contributed by atoms with Gasteiger partial charge in [0.1, 0.15) is 5.60 Å². The normalized spacial score (nSPS) is 42.9. The minimum atomic E-state index is -0.199. The van der Waals surface area contributed by atoms with Crippen molar-refractivity contribution in [3.05, 3.63) is 0 Å². The van der Waals surface area contributed by atoms with Crippen LogP contribution in [-0.4, -0.2) is 18.1 Å². The summed E-state index contributed by atoms with van der Waals surface area (Å²) < 4.78 is 5.55. The fourth-order valence-corrected chi connectivity index (χ4v) is 2.80. The molecule has 0 aromatic heterocycles. The number of hydrogen-bond donors (Lipinski definition) is 1. The summed E-state index contributed by atoms with van der Waals surface area (Å²) >= 11 is 0. The van der Waals surface area contributed by atoms with Crippen LogP contribution < -0.4 is 5.73 Å². The summed E-state index contributed by atoms with van der Waals surface area (Å²) in [4.78, 5) is 11.8. The van der Waals surface area contributed by atoms with Crippen molar-refractivity contribution >= 4 is 5.97 Å². The van der Waals surface area contributed by atoms with Gasteiger partial charge in [0, 0.05) is 6.54 Å². The molecular formula is C11H19NO2. The van der Waals surface area contributed by atoms with Gasteiger partial charge in [-0.05, 0) is 44.9 Å². The van der Waals surface area contributed by atoms with E-state index in [0.29, 0.717) is 12.5 Å². The summed E-state index contributed by atoms with van der Waals surface area (Å²) in [5.74, 6) is 0.367. The Hall–Kier alpha value is -0.570. The number of nitrogens with two attached hydrogens (primary N) is 1. The van der Waals surface area contributed by atoms with Crippen molar-refractivity contribution in [2.24, 2.45) is 17.6 Å². The van der Waals surface area contributed by atoms with Crippen molar-refractivity contribution in [1.29, 1.82) is 0 Å². The molecule has 1 heterocycles. The number of hydrogen-bond acceptors (Lipinski definition) is 3. The van der Waals surface area contributed by atoms with Gasteiger partial charge in [-0.3, -0.25) is 4.79 Å². The van der Waals surface area contributed by atoms with Gasteiger partial charge in [-0.25, -0.2) is 0 Å². The molecule has 1 aliphatic heterocycles. The predicted molar refractivity (Wildman–Crippen MR) is 53.6 cm³/mol. The maximum Gasteiger partial charge on any atom is 0.311 e. The number of rotatable bonds is 1. The van der Waals surface area contributed by atoms with Crippen molar-refractivity contribution < 1.29 is 9.53 Å². The lowest BCUT2D eigenvalue weighted by Crippen LogP contribution is -2.37. The lowest BCUT2D eigenvalue weighted by Gasteiger charge is -2.29. The zero-order valence-electron chi connectivity index (χ0n) is 8.79. The van der Waals surface area contributed by atoms with Crippen molar-refractivity contribution in [1.82, 2.24) is 0 Å². The van der Waals surface area contributed by atoms with Crippen LogP contribution in [0.25, 0.3) is 0 Å². The topological polar surface area (TPSA) is 52.3 Å². The Morgan fingerprint density at radius 2 is 2.29 bits per heavy atom. The first kappa shape index (κ1) is 9.97. The molecule has 1 saturated heterocycles. The summed E-state index contributed by atoms with van der Waals surface area (Å²) in [6, 6.07) is 0. The van der Waals surface area contributed by atoms with Gasteiger partial charge in [-0.15, -0.1) is 0 Å². The molecule has 3 heteroatoms. The van der Waals surface area contributed by atoms with E-state index >= 15 is 0 Å². The molecule has 2 rings (SSSR count). The molecule has 2 N–H and O–H groups in total. The van der Waals surface area contributed by atoms with Gasteiger partial charge in [-0.2, -0.15) is 0 Å². The van der Waals surface area contributed by atoms with Gasteiger partial charge in [-0.1, -0.05) is 0 Å². The van der Waals surface area contributed by atoms with E-state index in [2.05, 4.69) is 6.92 Å². The van der Waals surface area contributed by atoms with Gasteiger partial charge in [0.2, 0.25) is 0 Å². The molecule has 2 bridgehead atoms. The van der Waals surface area contributed by atoms with Crippen molar-refractivity contribution in [3.8, 4) is 0 Å². The Kier molecular flexibility index (Phi) is 2.52. The molecule has 2 aliphatic rings. The number of carbonyl (C=O) groups excluding carboxylic acids is 1. The molecule has 0 aromatic rings. The molecule has 1 aliphatic carbocycles. The maximum absolute atomic E-state index is 11.8. The summed E-state index contributed by atoms with van der Waals surface area (Å²) in [6.07, 6.45) is 5.45. The van der Waals surface area contributed by atoms with Gasteiger partial charge in [0.15, 0.2) is 0 Å². The number of fused-ring (bicyclic) bond motifs is 3. The first-order valence-corrected chi connectivity index (χ1v) is 5.57. The van der Waals surface area contributed by atoms with E-state index in [4.69, 9.17) is 10.5 Å². The third-order valence-corrected chi connectivity index (χ3v) is 3.80. The van der Waals surface area contributed by atoms with Gasteiger partial charge >= 0.3 is 5.97 Å². The monoisotopic (exact) mass is 197 g/mol. The van der Waals surface area contributed by atoms with Gasteiger partial charge < -0.3 is 10.5 Å². The number of ether oxygens (including phenoxy) is 1. The van der Waals surface area contributed by atoms with Crippen molar-refractivity contribution in [3.63, 3.8) is 0 Å². The second-order valence-corrected chi connectivity index (χ2v) is 4.90. The zero-order valence-corrected chi connectivity index (χ0v) is 8.79. The van der Waals surface area contributed by atoms with Gasteiger partial charge in [0.05, 0.1) is 5.92 Å². The highest BCUT2D eigenvalue weighted by Gasteiger charge is 2.42. The average Bonchev–Trinajstić information content (AvgIpc) is 2.34. The third-order valence-electron chi connectivity index (χ3n) is 3.80. The highest BCUT2D eigenvalue weighted by atomic mass is 16.6. The minimum Gasteiger partial charge on any atom is -0.459 e. The molecular weight excluding hydrogens is 178 g/mol. The fraction of sp³-hybridized carbons (Fsp3) is 0.909. The van der Waals surface area contributed by atoms with Crippen LogP contribution in [-0.2, 0) is 9.53 Å². The van der Waals surface area contributed by atoms with Crippen LogP contribution in [0.4, 0.5) is 0 Å². The van der Waals surface area contributed by atoms with E-state index in [9.17, 15) is 4.79 Å². The van der Waals surface area contributed by atoms with Crippen molar-refractivity contribution in [2.45, 2.75) is 44.6 Å². The van der Waals surface area contributed by atoms with Gasteiger partial charge in [0.25, 0.3) is 0 Å². The Bertz CT molecular complexity index is 241. The zero-order chi connectivity index (χ0) is 10.2. The summed E-state index contributed by atoms with van der Waals surface area (Å²) in [7, 11) is 0. The average molecular weight is 197 g/mol. The standard InChI is InChI=1S/C11H19NO2/c1-11-5-2-3-8(4-6-11)9(7-12)10(13)14-11/h8-9H,2-7,12H2,1H3. The molecule has 3 unspecified atom stereocenters. The molecule has 3 atom stereocenters. The summed E-state index contributed by atoms with van der Waals surface area (Å²) in [5.41, 5.74) is 5.44. The van der Waals surface area contributed by atoms with Crippen LogP contribution in [0, 0.1) is 11.8 Å². The van der Waals surface area contributed by atoms with Crippen LogP contribution in [0.3, 0.4) is 0 Å².